The normalized spacial score (nSPS) is 21.9. The van der Waals surface area contributed by atoms with E-state index in [0.717, 1.165) is 46.8 Å². The first kappa shape index (κ1) is 19.8. The molecule has 158 valence electrons. The van der Waals surface area contributed by atoms with Crippen LogP contribution >= 0.6 is 12.4 Å². The van der Waals surface area contributed by atoms with Crippen molar-refractivity contribution < 1.29 is 4.74 Å². The van der Waals surface area contributed by atoms with Crippen molar-refractivity contribution in [3.8, 4) is 22.8 Å². The number of anilines is 1. The number of para-hydroxylation sites is 1. The van der Waals surface area contributed by atoms with Crippen LogP contribution in [0.25, 0.3) is 22.3 Å². The Morgan fingerprint density at radius 2 is 1.74 bits per heavy atom. The van der Waals surface area contributed by atoms with Gasteiger partial charge in [0.05, 0.1) is 11.4 Å². The molecule has 2 aromatic carbocycles. The Labute approximate surface area is 186 Å². The van der Waals surface area contributed by atoms with Crippen molar-refractivity contribution in [1.29, 1.82) is 0 Å². The third-order valence-electron chi connectivity index (χ3n) is 6.27. The van der Waals surface area contributed by atoms with E-state index in [0.29, 0.717) is 23.8 Å². The van der Waals surface area contributed by atoms with E-state index < -0.39 is 0 Å². The van der Waals surface area contributed by atoms with Crippen molar-refractivity contribution in [3.63, 3.8) is 0 Å². The van der Waals surface area contributed by atoms with Crippen LogP contribution < -0.4 is 15.8 Å². The molecule has 31 heavy (non-hydrogen) atoms. The fraction of sp³-hybridized carbons (Fsp3) is 0.261. The van der Waals surface area contributed by atoms with Gasteiger partial charge in [-0.1, -0.05) is 18.2 Å². The minimum atomic E-state index is 0. The van der Waals surface area contributed by atoms with Gasteiger partial charge in [0, 0.05) is 18.2 Å². The summed E-state index contributed by atoms with van der Waals surface area (Å²) in [5.41, 5.74) is 8.89. The number of piperidine rings is 1. The first-order chi connectivity index (χ1) is 14.8. The summed E-state index contributed by atoms with van der Waals surface area (Å²) in [6.45, 7) is 1.04. The molecule has 4 aromatic rings. The Kier molecular flexibility index (Phi) is 5.00. The van der Waals surface area contributed by atoms with Crippen molar-refractivity contribution in [3.05, 3.63) is 60.9 Å². The third kappa shape index (κ3) is 3.40. The fourth-order valence-corrected chi connectivity index (χ4v) is 4.84. The molecule has 3 unspecified atom stereocenters. The predicted octanol–water partition coefficient (Wildman–Crippen LogP) is 4.21. The van der Waals surface area contributed by atoms with Gasteiger partial charge in [0.2, 0.25) is 0 Å². The van der Waals surface area contributed by atoms with Crippen LogP contribution in [0, 0.1) is 5.92 Å². The van der Waals surface area contributed by atoms with E-state index in [2.05, 4.69) is 20.0 Å². The lowest BCUT2D eigenvalue weighted by molar-refractivity contribution is 0.328. The van der Waals surface area contributed by atoms with Gasteiger partial charge >= 0.3 is 0 Å². The molecule has 3 heterocycles. The standard InChI is InChI=1S/C23H22N6O.ClH/c24-22-20-21(14-6-8-18(9-7-14)30-17-4-2-1-3-5-17)28-29(23(20)27-13-26-22)19-11-16-10-15(19)12-25-16;/h1-9,13,15-16,19,25H,10-12H2,(H2,24,26,27);1H. The maximum atomic E-state index is 6.27. The lowest BCUT2D eigenvalue weighted by Gasteiger charge is -2.23. The molecule has 2 fully saturated rings. The number of nitrogens with one attached hydrogen (secondary N) is 1. The first-order valence-corrected chi connectivity index (χ1v) is 10.3. The zero-order valence-corrected chi connectivity index (χ0v) is 17.6. The number of nitrogens with two attached hydrogens (primary N) is 1. The summed E-state index contributed by atoms with van der Waals surface area (Å²) in [7, 11) is 0. The van der Waals surface area contributed by atoms with Crippen LogP contribution in [0.2, 0.25) is 0 Å². The number of nitrogen functional groups attached to an aromatic ring is 1. The lowest BCUT2D eigenvalue weighted by Crippen LogP contribution is -2.31. The summed E-state index contributed by atoms with van der Waals surface area (Å²) < 4.78 is 8.00. The van der Waals surface area contributed by atoms with Gasteiger partial charge in [-0.2, -0.15) is 5.10 Å². The maximum Gasteiger partial charge on any atom is 0.164 e. The predicted molar refractivity (Wildman–Crippen MR) is 122 cm³/mol. The Morgan fingerprint density at radius 1 is 0.968 bits per heavy atom. The van der Waals surface area contributed by atoms with Gasteiger partial charge < -0.3 is 15.8 Å². The van der Waals surface area contributed by atoms with Gasteiger partial charge in [-0.3, -0.25) is 0 Å². The van der Waals surface area contributed by atoms with Crippen molar-refractivity contribution in [1.82, 2.24) is 25.1 Å². The topological polar surface area (TPSA) is 90.9 Å². The highest BCUT2D eigenvalue weighted by atomic mass is 35.5. The van der Waals surface area contributed by atoms with E-state index in [1.807, 2.05) is 54.6 Å². The minimum Gasteiger partial charge on any atom is -0.457 e. The van der Waals surface area contributed by atoms with Crippen LogP contribution in [0.3, 0.4) is 0 Å². The number of aromatic nitrogens is 4. The molecule has 2 bridgehead atoms. The molecule has 0 amide bonds. The number of hydrogen-bond acceptors (Lipinski definition) is 6. The highest BCUT2D eigenvalue weighted by Crippen LogP contribution is 2.42. The summed E-state index contributed by atoms with van der Waals surface area (Å²) in [6, 6.07) is 18.6. The quantitative estimate of drug-likeness (QED) is 0.500. The van der Waals surface area contributed by atoms with Crippen LogP contribution in [0.1, 0.15) is 18.9 Å². The second kappa shape index (κ2) is 7.83. The van der Waals surface area contributed by atoms with E-state index in [-0.39, 0.29) is 12.4 Å². The Morgan fingerprint density at radius 3 is 2.45 bits per heavy atom. The van der Waals surface area contributed by atoms with Gasteiger partial charge in [-0.15, -0.1) is 12.4 Å². The summed E-state index contributed by atoms with van der Waals surface area (Å²) >= 11 is 0. The minimum absolute atomic E-state index is 0. The first-order valence-electron chi connectivity index (χ1n) is 10.3. The molecular weight excluding hydrogens is 412 g/mol. The number of rotatable bonds is 4. The number of halogens is 1. The molecule has 1 saturated heterocycles. The van der Waals surface area contributed by atoms with Gasteiger partial charge in [-0.25, -0.2) is 14.6 Å². The van der Waals surface area contributed by atoms with Crippen LogP contribution in [-0.4, -0.2) is 32.3 Å². The van der Waals surface area contributed by atoms with Crippen LogP contribution in [0.5, 0.6) is 11.5 Å². The molecule has 7 nitrogen and oxygen atoms in total. The highest BCUT2D eigenvalue weighted by molar-refractivity contribution is 5.98. The van der Waals surface area contributed by atoms with E-state index in [9.17, 15) is 0 Å². The van der Waals surface area contributed by atoms with Crippen LogP contribution in [-0.2, 0) is 0 Å². The molecule has 1 aliphatic heterocycles. The SMILES string of the molecule is Cl.Nc1ncnc2c1c(-c1ccc(Oc3ccccc3)cc1)nn2C1CC2CC1CN2. The maximum absolute atomic E-state index is 6.27. The third-order valence-corrected chi connectivity index (χ3v) is 6.27. The van der Waals surface area contributed by atoms with E-state index in [4.69, 9.17) is 15.6 Å². The average Bonchev–Trinajstić information content (AvgIpc) is 3.50. The molecule has 1 saturated carbocycles. The van der Waals surface area contributed by atoms with Gasteiger partial charge in [0.25, 0.3) is 0 Å². The zero-order valence-electron chi connectivity index (χ0n) is 16.8. The van der Waals surface area contributed by atoms with Gasteiger partial charge in [0.15, 0.2) is 5.65 Å². The molecule has 0 spiro atoms. The van der Waals surface area contributed by atoms with E-state index in [1.165, 1.54) is 12.7 Å². The van der Waals surface area contributed by atoms with Gasteiger partial charge in [0.1, 0.15) is 29.3 Å². The van der Waals surface area contributed by atoms with Crippen molar-refractivity contribution in [2.45, 2.75) is 24.9 Å². The lowest BCUT2D eigenvalue weighted by atomic mass is 10.0. The second-order valence-corrected chi connectivity index (χ2v) is 8.09. The Hall–Kier alpha value is -3.16. The van der Waals surface area contributed by atoms with Crippen LogP contribution in [0.15, 0.2) is 60.9 Å². The molecule has 0 radical (unpaired) electrons. The summed E-state index contributed by atoms with van der Waals surface area (Å²) in [6.07, 6.45) is 3.81. The molecule has 6 rings (SSSR count). The zero-order chi connectivity index (χ0) is 20.1. The summed E-state index contributed by atoms with van der Waals surface area (Å²) in [4.78, 5) is 8.79. The molecule has 2 aromatic heterocycles. The van der Waals surface area contributed by atoms with Crippen molar-refractivity contribution in [2.75, 3.05) is 12.3 Å². The summed E-state index contributed by atoms with van der Waals surface area (Å²) in [5, 5.41) is 9.39. The van der Waals surface area contributed by atoms with Crippen molar-refractivity contribution in [2.24, 2.45) is 5.92 Å². The van der Waals surface area contributed by atoms with Gasteiger partial charge in [-0.05, 0) is 55.2 Å². The van der Waals surface area contributed by atoms with Crippen molar-refractivity contribution >= 4 is 29.3 Å². The number of benzene rings is 2. The second-order valence-electron chi connectivity index (χ2n) is 8.09. The largest absolute Gasteiger partial charge is 0.457 e. The molecule has 3 N–H and O–H groups in total. The summed E-state index contributed by atoms with van der Waals surface area (Å²) in [5.74, 6) is 2.63. The number of hydrogen-bond donors (Lipinski definition) is 2. The average molecular weight is 435 g/mol. The smallest absolute Gasteiger partial charge is 0.164 e. The Balaban J connectivity index is 0.00000204. The molecule has 2 aliphatic rings. The molecule has 3 atom stereocenters. The van der Waals surface area contributed by atoms with Crippen LogP contribution in [0.4, 0.5) is 5.82 Å². The monoisotopic (exact) mass is 434 g/mol. The molecular formula is C23H23ClN6O. The molecule has 1 aliphatic carbocycles. The van der Waals surface area contributed by atoms with E-state index >= 15 is 0 Å². The molecule has 8 heteroatoms. The number of nitrogens with zero attached hydrogens (tertiary/aromatic N) is 4. The number of ether oxygens (including phenoxy) is 1. The highest BCUT2D eigenvalue weighted by Gasteiger charge is 2.42. The van der Waals surface area contributed by atoms with E-state index in [1.54, 1.807) is 0 Å². The number of fused-ring (bicyclic) bond motifs is 3. The fourth-order valence-electron chi connectivity index (χ4n) is 4.84. The Bertz CT molecular complexity index is 1210.